The van der Waals surface area contributed by atoms with E-state index in [9.17, 15) is 23.5 Å². The van der Waals surface area contributed by atoms with Crippen LogP contribution in [0.1, 0.15) is 12.0 Å². The van der Waals surface area contributed by atoms with Crippen molar-refractivity contribution >= 4 is 38.9 Å². The van der Waals surface area contributed by atoms with Crippen LogP contribution < -0.4 is 5.56 Å². The monoisotopic (exact) mass is 438 g/mol. The Balaban J connectivity index is 1.80. The SMILES string of the molecule is O=C(Cn1cc(CO)c2scc(-c3ccc(F)c(Cl)c3)c2c1=O)N1CCC(F)C1. The first-order chi connectivity index (χ1) is 13.9. The lowest BCUT2D eigenvalue weighted by atomic mass is 10.0. The summed E-state index contributed by atoms with van der Waals surface area (Å²) in [5.74, 6) is -0.914. The van der Waals surface area contributed by atoms with Crippen LogP contribution in [0.2, 0.25) is 5.02 Å². The molecule has 0 bridgehead atoms. The molecule has 1 saturated heterocycles. The van der Waals surface area contributed by atoms with Crippen LogP contribution in [0.5, 0.6) is 0 Å². The molecule has 152 valence electrons. The molecule has 0 saturated carbocycles. The van der Waals surface area contributed by atoms with Gasteiger partial charge >= 0.3 is 0 Å². The molecule has 1 fully saturated rings. The van der Waals surface area contributed by atoms with Crippen molar-refractivity contribution in [2.24, 2.45) is 0 Å². The highest BCUT2D eigenvalue weighted by molar-refractivity contribution is 7.18. The van der Waals surface area contributed by atoms with Crippen LogP contribution in [0, 0.1) is 5.82 Å². The third-order valence-corrected chi connectivity index (χ3v) is 6.40. The summed E-state index contributed by atoms with van der Waals surface area (Å²) < 4.78 is 28.8. The van der Waals surface area contributed by atoms with E-state index in [-0.39, 0.29) is 30.6 Å². The first-order valence-electron chi connectivity index (χ1n) is 9.00. The number of pyridine rings is 1. The van der Waals surface area contributed by atoms with Crippen molar-refractivity contribution in [1.82, 2.24) is 9.47 Å². The van der Waals surface area contributed by atoms with E-state index in [1.807, 2.05) is 0 Å². The van der Waals surface area contributed by atoms with Gasteiger partial charge in [-0.3, -0.25) is 9.59 Å². The molecule has 1 aliphatic heterocycles. The number of halogens is 3. The Hall–Kier alpha value is -2.29. The molecule has 2 aromatic heterocycles. The number of thiophene rings is 1. The first-order valence-corrected chi connectivity index (χ1v) is 10.3. The Morgan fingerprint density at radius 2 is 2.17 bits per heavy atom. The molecule has 4 rings (SSSR count). The zero-order valence-corrected chi connectivity index (χ0v) is 16.8. The van der Waals surface area contributed by atoms with Gasteiger partial charge in [0.25, 0.3) is 5.56 Å². The maximum atomic E-state index is 13.5. The van der Waals surface area contributed by atoms with Gasteiger partial charge in [0, 0.05) is 33.9 Å². The summed E-state index contributed by atoms with van der Waals surface area (Å²) >= 11 is 7.17. The van der Waals surface area contributed by atoms with E-state index < -0.39 is 17.5 Å². The number of hydrogen-bond acceptors (Lipinski definition) is 4. The fourth-order valence-electron chi connectivity index (χ4n) is 3.55. The number of aliphatic hydroxyl groups excluding tert-OH is 1. The van der Waals surface area contributed by atoms with Crippen molar-refractivity contribution in [1.29, 1.82) is 0 Å². The minimum Gasteiger partial charge on any atom is -0.392 e. The van der Waals surface area contributed by atoms with Gasteiger partial charge in [-0.15, -0.1) is 11.3 Å². The van der Waals surface area contributed by atoms with E-state index in [1.165, 1.54) is 45.2 Å². The quantitative estimate of drug-likeness (QED) is 0.677. The van der Waals surface area contributed by atoms with Gasteiger partial charge in [-0.2, -0.15) is 0 Å². The predicted octanol–water partition coefficient (Wildman–Crippen LogP) is 3.59. The van der Waals surface area contributed by atoms with Gasteiger partial charge in [0.2, 0.25) is 5.91 Å². The lowest BCUT2D eigenvalue weighted by Gasteiger charge is -2.17. The van der Waals surface area contributed by atoms with E-state index in [1.54, 1.807) is 5.38 Å². The lowest BCUT2D eigenvalue weighted by Crippen LogP contribution is -2.35. The summed E-state index contributed by atoms with van der Waals surface area (Å²) in [5.41, 5.74) is 1.21. The highest BCUT2D eigenvalue weighted by Crippen LogP contribution is 2.35. The standard InChI is InChI=1S/C20H17ClF2N2O3S/c21-15-5-11(1-2-16(15)23)14-10-29-19-12(9-26)6-25(20(28)18(14)19)8-17(27)24-4-3-13(22)7-24/h1-2,5-6,10,13,26H,3-4,7-9H2. The molecule has 1 amide bonds. The number of carbonyl (C=O) groups is 1. The number of hydrogen-bond donors (Lipinski definition) is 1. The largest absolute Gasteiger partial charge is 0.392 e. The fourth-order valence-corrected chi connectivity index (χ4v) is 4.81. The second-order valence-electron chi connectivity index (χ2n) is 6.95. The molecule has 0 spiro atoms. The average Bonchev–Trinajstić information content (AvgIpc) is 3.33. The number of benzene rings is 1. The maximum Gasteiger partial charge on any atom is 0.260 e. The van der Waals surface area contributed by atoms with Crippen molar-refractivity contribution in [2.75, 3.05) is 13.1 Å². The van der Waals surface area contributed by atoms with E-state index in [2.05, 4.69) is 0 Å². The van der Waals surface area contributed by atoms with Gasteiger partial charge in [0.15, 0.2) is 0 Å². The number of nitrogens with zero attached hydrogens (tertiary/aromatic N) is 2. The van der Waals surface area contributed by atoms with Crippen LogP contribution in [0.4, 0.5) is 8.78 Å². The van der Waals surface area contributed by atoms with E-state index in [0.29, 0.717) is 39.7 Å². The van der Waals surface area contributed by atoms with Crippen molar-refractivity contribution < 1.29 is 18.7 Å². The van der Waals surface area contributed by atoms with Gasteiger partial charge < -0.3 is 14.6 Å². The molecule has 1 N–H and O–H groups in total. The second kappa shape index (κ2) is 7.85. The van der Waals surface area contributed by atoms with Crippen molar-refractivity contribution in [2.45, 2.75) is 25.7 Å². The number of aromatic nitrogens is 1. The van der Waals surface area contributed by atoms with E-state index in [0.717, 1.165) is 0 Å². The predicted molar refractivity (Wildman–Crippen MR) is 109 cm³/mol. The molecule has 1 aliphatic rings. The molecule has 0 radical (unpaired) electrons. The molecule has 3 aromatic rings. The van der Waals surface area contributed by atoms with Crippen molar-refractivity contribution in [3.8, 4) is 11.1 Å². The topological polar surface area (TPSA) is 62.5 Å². The third-order valence-electron chi connectivity index (χ3n) is 5.06. The van der Waals surface area contributed by atoms with Gasteiger partial charge in [-0.25, -0.2) is 8.78 Å². The summed E-state index contributed by atoms with van der Waals surface area (Å²) in [7, 11) is 0. The van der Waals surface area contributed by atoms with E-state index >= 15 is 0 Å². The molecule has 1 unspecified atom stereocenters. The summed E-state index contributed by atoms with van der Waals surface area (Å²) in [6.45, 7) is -0.207. The third kappa shape index (κ3) is 3.68. The van der Waals surface area contributed by atoms with Gasteiger partial charge in [0.05, 0.1) is 23.6 Å². The molecule has 1 atom stereocenters. The van der Waals surface area contributed by atoms with Crippen LogP contribution in [-0.2, 0) is 17.9 Å². The Bertz CT molecular complexity index is 1160. The first kappa shape index (κ1) is 20.0. The lowest BCUT2D eigenvalue weighted by molar-refractivity contribution is -0.131. The van der Waals surface area contributed by atoms with Gasteiger partial charge in [0.1, 0.15) is 18.5 Å². The number of amides is 1. The molecule has 9 heteroatoms. The zero-order chi connectivity index (χ0) is 20.7. The normalized spacial score (nSPS) is 16.7. The Morgan fingerprint density at radius 1 is 1.38 bits per heavy atom. The molecule has 3 heterocycles. The highest BCUT2D eigenvalue weighted by atomic mass is 35.5. The number of carbonyl (C=O) groups excluding carboxylic acids is 1. The second-order valence-corrected chi connectivity index (χ2v) is 8.24. The molecule has 1 aromatic carbocycles. The number of rotatable bonds is 4. The zero-order valence-electron chi connectivity index (χ0n) is 15.2. The minimum absolute atomic E-state index is 0.0282. The average molecular weight is 439 g/mol. The summed E-state index contributed by atoms with van der Waals surface area (Å²) in [6.07, 6.45) is 0.711. The smallest absolute Gasteiger partial charge is 0.260 e. The number of aliphatic hydroxyl groups is 1. The van der Waals surface area contributed by atoms with Gasteiger partial charge in [-0.1, -0.05) is 17.7 Å². The Labute approximate surface area is 173 Å². The van der Waals surface area contributed by atoms with Crippen molar-refractivity contribution in [3.05, 3.63) is 56.5 Å². The molecule has 5 nitrogen and oxygen atoms in total. The van der Waals surface area contributed by atoms with Crippen LogP contribution >= 0.6 is 22.9 Å². The summed E-state index contributed by atoms with van der Waals surface area (Å²) in [5, 5.41) is 11.8. The number of likely N-dealkylation sites (tertiary alicyclic amines) is 1. The van der Waals surface area contributed by atoms with Crippen LogP contribution in [-0.4, -0.2) is 39.7 Å². The van der Waals surface area contributed by atoms with Crippen LogP contribution in [0.25, 0.3) is 21.2 Å². The number of fused-ring (bicyclic) bond motifs is 1. The molecule has 29 heavy (non-hydrogen) atoms. The van der Waals surface area contributed by atoms with Crippen molar-refractivity contribution in [3.63, 3.8) is 0 Å². The molecule has 0 aliphatic carbocycles. The summed E-state index contributed by atoms with van der Waals surface area (Å²) in [4.78, 5) is 27.1. The minimum atomic E-state index is -1.04. The molecular formula is C20H17ClF2N2O3S. The van der Waals surface area contributed by atoms with Gasteiger partial charge in [-0.05, 0) is 24.1 Å². The Morgan fingerprint density at radius 3 is 2.83 bits per heavy atom. The van der Waals surface area contributed by atoms with E-state index in [4.69, 9.17) is 11.6 Å². The highest BCUT2D eigenvalue weighted by Gasteiger charge is 2.26. The summed E-state index contributed by atoms with van der Waals surface area (Å²) in [6, 6.07) is 4.18. The van der Waals surface area contributed by atoms with Crippen LogP contribution in [0.15, 0.2) is 34.6 Å². The van der Waals surface area contributed by atoms with Crippen LogP contribution in [0.3, 0.4) is 0 Å². The number of alkyl halides is 1. The molecular weight excluding hydrogens is 422 g/mol. The fraction of sp³-hybridized carbons (Fsp3) is 0.300. The maximum absolute atomic E-state index is 13.5. The Kier molecular flexibility index (Phi) is 5.42.